The first-order valence-electron chi connectivity index (χ1n) is 7.56. The zero-order valence-electron chi connectivity index (χ0n) is 12.5. The van der Waals surface area contributed by atoms with Crippen LogP contribution in [0, 0.1) is 5.92 Å². The molecule has 2 rings (SSSR count). The average molecular weight is 275 g/mol. The van der Waals surface area contributed by atoms with Crippen molar-refractivity contribution in [2.45, 2.75) is 39.2 Å². The molecule has 1 aromatic heterocycles. The Kier molecular flexibility index (Phi) is 5.53. The van der Waals surface area contributed by atoms with E-state index in [0.29, 0.717) is 12.3 Å². The minimum atomic E-state index is 0.219. The van der Waals surface area contributed by atoms with Gasteiger partial charge < -0.3 is 10.2 Å². The highest BCUT2D eigenvalue weighted by atomic mass is 16.2. The maximum atomic E-state index is 12.5. The van der Waals surface area contributed by atoms with Crippen LogP contribution in [0.4, 0.5) is 0 Å². The molecule has 1 amide bonds. The van der Waals surface area contributed by atoms with Crippen LogP contribution >= 0.6 is 0 Å². The lowest BCUT2D eigenvalue weighted by Crippen LogP contribution is -2.44. The van der Waals surface area contributed by atoms with Gasteiger partial charge in [0.25, 0.3) is 0 Å². The molecule has 2 heterocycles. The van der Waals surface area contributed by atoms with Gasteiger partial charge in [0.2, 0.25) is 5.91 Å². The number of hydrogen-bond donors (Lipinski definition) is 1. The third-order valence-electron chi connectivity index (χ3n) is 3.90. The molecule has 1 aromatic rings. The number of rotatable bonds is 5. The van der Waals surface area contributed by atoms with E-state index in [1.165, 1.54) is 12.8 Å². The first-order chi connectivity index (χ1) is 9.66. The van der Waals surface area contributed by atoms with Gasteiger partial charge in [-0.25, -0.2) is 0 Å². The van der Waals surface area contributed by atoms with Gasteiger partial charge in [-0.05, 0) is 63.4 Å². The predicted octanol–water partition coefficient (Wildman–Crippen LogP) is 1.86. The van der Waals surface area contributed by atoms with Gasteiger partial charge in [-0.15, -0.1) is 0 Å². The van der Waals surface area contributed by atoms with E-state index in [2.05, 4.69) is 24.1 Å². The van der Waals surface area contributed by atoms with Gasteiger partial charge in [-0.3, -0.25) is 9.78 Å². The summed E-state index contributed by atoms with van der Waals surface area (Å²) in [5.41, 5.74) is 1.04. The van der Waals surface area contributed by atoms with E-state index >= 15 is 0 Å². The summed E-state index contributed by atoms with van der Waals surface area (Å²) in [5.74, 6) is 0.810. The molecule has 1 atom stereocenters. The molecule has 1 unspecified atom stereocenters. The van der Waals surface area contributed by atoms with Crippen molar-refractivity contribution in [2.24, 2.45) is 5.92 Å². The lowest BCUT2D eigenvalue weighted by atomic mass is 9.98. The molecule has 1 N–H and O–H groups in total. The van der Waals surface area contributed by atoms with Crippen molar-refractivity contribution in [1.82, 2.24) is 15.2 Å². The first kappa shape index (κ1) is 15.0. The van der Waals surface area contributed by atoms with Crippen LogP contribution in [-0.4, -0.2) is 41.5 Å². The van der Waals surface area contributed by atoms with Crippen molar-refractivity contribution in [3.05, 3.63) is 30.1 Å². The molecule has 4 nitrogen and oxygen atoms in total. The predicted molar refractivity (Wildman–Crippen MR) is 80.4 cm³/mol. The fourth-order valence-electron chi connectivity index (χ4n) is 2.74. The van der Waals surface area contributed by atoms with Crippen LogP contribution in [0.25, 0.3) is 0 Å². The Morgan fingerprint density at radius 3 is 2.80 bits per heavy atom. The number of carbonyl (C=O) groups excluding carboxylic acids is 1. The van der Waals surface area contributed by atoms with E-state index in [-0.39, 0.29) is 11.9 Å². The van der Waals surface area contributed by atoms with Gasteiger partial charge in [0, 0.05) is 25.0 Å². The van der Waals surface area contributed by atoms with Gasteiger partial charge in [0.15, 0.2) is 0 Å². The van der Waals surface area contributed by atoms with Crippen LogP contribution in [0.5, 0.6) is 0 Å². The topological polar surface area (TPSA) is 45.2 Å². The average Bonchev–Trinajstić information content (AvgIpc) is 2.46. The Hall–Kier alpha value is -1.42. The van der Waals surface area contributed by atoms with Crippen molar-refractivity contribution in [3.63, 3.8) is 0 Å². The van der Waals surface area contributed by atoms with Crippen LogP contribution in [0.2, 0.25) is 0 Å². The summed E-state index contributed by atoms with van der Waals surface area (Å²) in [4.78, 5) is 18.5. The van der Waals surface area contributed by atoms with E-state index in [0.717, 1.165) is 25.2 Å². The fraction of sp³-hybridized carbons (Fsp3) is 0.625. The van der Waals surface area contributed by atoms with Crippen LogP contribution in [0.1, 0.15) is 32.3 Å². The van der Waals surface area contributed by atoms with Crippen molar-refractivity contribution in [1.29, 1.82) is 0 Å². The third-order valence-corrected chi connectivity index (χ3v) is 3.90. The molecular weight excluding hydrogens is 250 g/mol. The summed E-state index contributed by atoms with van der Waals surface area (Å²) >= 11 is 0. The molecule has 110 valence electrons. The lowest BCUT2D eigenvalue weighted by Gasteiger charge is -2.33. The van der Waals surface area contributed by atoms with E-state index in [1.807, 2.05) is 17.0 Å². The second kappa shape index (κ2) is 7.39. The van der Waals surface area contributed by atoms with Crippen molar-refractivity contribution in [3.8, 4) is 0 Å². The van der Waals surface area contributed by atoms with Crippen LogP contribution < -0.4 is 5.32 Å². The van der Waals surface area contributed by atoms with Gasteiger partial charge in [-0.2, -0.15) is 0 Å². The molecule has 0 saturated carbocycles. The summed E-state index contributed by atoms with van der Waals surface area (Å²) in [6.45, 7) is 7.21. The minimum Gasteiger partial charge on any atom is -0.340 e. The molecule has 1 saturated heterocycles. The molecule has 0 radical (unpaired) electrons. The monoisotopic (exact) mass is 275 g/mol. The summed E-state index contributed by atoms with van der Waals surface area (Å²) < 4.78 is 0. The van der Waals surface area contributed by atoms with Gasteiger partial charge in [-0.1, -0.05) is 0 Å². The van der Waals surface area contributed by atoms with Gasteiger partial charge >= 0.3 is 0 Å². The standard InChI is InChI=1S/C16H25N3O/c1-13(2)19(12-15-4-3-7-18-11-15)16(20)10-14-5-8-17-9-6-14/h5-6,8-9,13,15,18H,3-4,7,10-12H2,1-2H3. The number of amides is 1. The maximum absolute atomic E-state index is 12.5. The van der Waals surface area contributed by atoms with E-state index in [4.69, 9.17) is 0 Å². The van der Waals surface area contributed by atoms with Crippen molar-refractivity contribution >= 4 is 5.91 Å². The highest BCUT2D eigenvalue weighted by Gasteiger charge is 2.22. The number of piperidine rings is 1. The van der Waals surface area contributed by atoms with Crippen LogP contribution in [0.3, 0.4) is 0 Å². The Balaban J connectivity index is 1.95. The van der Waals surface area contributed by atoms with Crippen molar-refractivity contribution in [2.75, 3.05) is 19.6 Å². The Morgan fingerprint density at radius 1 is 1.45 bits per heavy atom. The van der Waals surface area contributed by atoms with E-state index in [1.54, 1.807) is 12.4 Å². The molecule has 0 aliphatic carbocycles. The molecular formula is C16H25N3O. The lowest BCUT2D eigenvalue weighted by molar-refractivity contribution is -0.133. The fourth-order valence-corrected chi connectivity index (χ4v) is 2.74. The minimum absolute atomic E-state index is 0.219. The van der Waals surface area contributed by atoms with Gasteiger partial charge in [0.1, 0.15) is 0 Å². The Labute approximate surface area is 121 Å². The van der Waals surface area contributed by atoms with Crippen LogP contribution in [-0.2, 0) is 11.2 Å². The summed E-state index contributed by atoms with van der Waals surface area (Å²) in [5, 5.41) is 3.42. The summed E-state index contributed by atoms with van der Waals surface area (Å²) in [6.07, 6.45) is 6.40. The Morgan fingerprint density at radius 2 is 2.20 bits per heavy atom. The maximum Gasteiger partial charge on any atom is 0.227 e. The number of carbonyl (C=O) groups is 1. The molecule has 0 spiro atoms. The number of aromatic nitrogens is 1. The SMILES string of the molecule is CC(C)N(CC1CCCNC1)C(=O)Cc1ccncc1. The summed E-state index contributed by atoms with van der Waals surface area (Å²) in [7, 11) is 0. The zero-order valence-corrected chi connectivity index (χ0v) is 12.5. The molecule has 1 aliphatic heterocycles. The quantitative estimate of drug-likeness (QED) is 0.892. The highest BCUT2D eigenvalue weighted by Crippen LogP contribution is 2.15. The molecule has 0 bridgehead atoms. The molecule has 1 aliphatic rings. The second-order valence-corrected chi connectivity index (χ2v) is 5.88. The van der Waals surface area contributed by atoms with E-state index in [9.17, 15) is 4.79 Å². The molecule has 1 fully saturated rings. The number of pyridine rings is 1. The van der Waals surface area contributed by atoms with E-state index < -0.39 is 0 Å². The summed E-state index contributed by atoms with van der Waals surface area (Å²) in [6, 6.07) is 4.09. The smallest absolute Gasteiger partial charge is 0.227 e. The second-order valence-electron chi connectivity index (χ2n) is 5.88. The molecule has 4 heteroatoms. The normalized spacial score (nSPS) is 19.1. The van der Waals surface area contributed by atoms with Crippen molar-refractivity contribution < 1.29 is 4.79 Å². The molecule has 0 aromatic carbocycles. The number of nitrogens with zero attached hydrogens (tertiary/aromatic N) is 2. The largest absolute Gasteiger partial charge is 0.340 e. The zero-order chi connectivity index (χ0) is 14.4. The Bertz CT molecular complexity index is 413. The number of nitrogens with one attached hydrogen (secondary N) is 1. The number of hydrogen-bond acceptors (Lipinski definition) is 3. The molecule has 20 heavy (non-hydrogen) atoms. The van der Waals surface area contributed by atoms with Crippen LogP contribution in [0.15, 0.2) is 24.5 Å². The third kappa shape index (κ3) is 4.30. The van der Waals surface area contributed by atoms with Gasteiger partial charge in [0.05, 0.1) is 6.42 Å². The highest BCUT2D eigenvalue weighted by molar-refractivity contribution is 5.79. The first-order valence-corrected chi connectivity index (χ1v) is 7.56.